The highest BCUT2D eigenvalue weighted by atomic mass is 16.1. The van der Waals surface area contributed by atoms with Crippen LogP contribution in [0.5, 0.6) is 0 Å². The van der Waals surface area contributed by atoms with E-state index < -0.39 is 0 Å². The van der Waals surface area contributed by atoms with E-state index in [4.69, 9.17) is 0 Å². The van der Waals surface area contributed by atoms with Gasteiger partial charge in [0, 0.05) is 36.5 Å². The third-order valence-electron chi connectivity index (χ3n) is 4.45. The Bertz CT molecular complexity index is 632. The molecule has 1 aliphatic heterocycles. The maximum Gasteiger partial charge on any atom is 0.150 e. The first-order chi connectivity index (χ1) is 10.2. The first-order valence-corrected chi connectivity index (χ1v) is 7.86. The number of nitrogens with zero attached hydrogens (tertiary/aromatic N) is 3. The molecule has 4 nitrogen and oxygen atoms in total. The van der Waals surface area contributed by atoms with Crippen molar-refractivity contribution < 1.29 is 4.79 Å². The molecule has 0 amide bonds. The Morgan fingerprint density at radius 3 is 3.05 bits per heavy atom. The SMILES string of the molecule is CC(C)N1CCCCC1Cc1cn2ccc(C=O)cc2n1. The molecule has 0 spiro atoms. The number of aldehydes is 1. The summed E-state index contributed by atoms with van der Waals surface area (Å²) in [5, 5.41) is 0. The Kier molecular flexibility index (Phi) is 4.06. The topological polar surface area (TPSA) is 37.6 Å². The number of aromatic nitrogens is 2. The lowest BCUT2D eigenvalue weighted by molar-refractivity contribution is 0.111. The summed E-state index contributed by atoms with van der Waals surface area (Å²) in [6, 6.07) is 4.85. The number of likely N-dealkylation sites (tertiary alicyclic amines) is 1. The maximum absolute atomic E-state index is 10.8. The van der Waals surface area contributed by atoms with E-state index in [1.165, 1.54) is 25.8 Å². The molecule has 112 valence electrons. The van der Waals surface area contributed by atoms with E-state index in [1.807, 2.05) is 22.7 Å². The van der Waals surface area contributed by atoms with Crippen molar-refractivity contribution in [2.75, 3.05) is 6.54 Å². The van der Waals surface area contributed by atoms with Crippen LogP contribution in [0, 0.1) is 0 Å². The van der Waals surface area contributed by atoms with Crippen LogP contribution < -0.4 is 0 Å². The van der Waals surface area contributed by atoms with Crippen molar-refractivity contribution in [1.29, 1.82) is 0 Å². The summed E-state index contributed by atoms with van der Waals surface area (Å²) >= 11 is 0. The van der Waals surface area contributed by atoms with Crippen LogP contribution in [0.2, 0.25) is 0 Å². The Balaban J connectivity index is 1.81. The average Bonchev–Trinajstić information content (AvgIpc) is 2.88. The Labute approximate surface area is 125 Å². The fourth-order valence-corrected chi connectivity index (χ4v) is 3.39. The molecule has 21 heavy (non-hydrogen) atoms. The van der Waals surface area contributed by atoms with Crippen molar-refractivity contribution in [2.45, 2.75) is 51.6 Å². The minimum absolute atomic E-state index is 0.592. The number of carbonyl (C=O) groups is 1. The molecule has 2 aromatic heterocycles. The van der Waals surface area contributed by atoms with Crippen LogP contribution in [0.3, 0.4) is 0 Å². The summed E-state index contributed by atoms with van der Waals surface area (Å²) in [5.74, 6) is 0. The quantitative estimate of drug-likeness (QED) is 0.811. The number of hydrogen-bond acceptors (Lipinski definition) is 3. The van der Waals surface area contributed by atoms with E-state index in [2.05, 4.69) is 29.9 Å². The number of pyridine rings is 1. The Morgan fingerprint density at radius 1 is 1.43 bits per heavy atom. The molecule has 2 aromatic rings. The minimum Gasteiger partial charge on any atom is -0.307 e. The molecule has 3 heterocycles. The molecule has 0 radical (unpaired) electrons. The maximum atomic E-state index is 10.8. The first kappa shape index (κ1) is 14.3. The highest BCUT2D eigenvalue weighted by Crippen LogP contribution is 2.22. The van der Waals surface area contributed by atoms with Gasteiger partial charge in [-0.25, -0.2) is 4.98 Å². The highest BCUT2D eigenvalue weighted by Gasteiger charge is 2.25. The third-order valence-corrected chi connectivity index (χ3v) is 4.45. The molecule has 1 saturated heterocycles. The predicted molar refractivity (Wildman–Crippen MR) is 83.8 cm³/mol. The third kappa shape index (κ3) is 3.00. The molecule has 1 aliphatic rings. The van der Waals surface area contributed by atoms with Crippen molar-refractivity contribution >= 4 is 11.9 Å². The zero-order chi connectivity index (χ0) is 14.8. The van der Waals surface area contributed by atoms with Crippen LogP contribution in [-0.2, 0) is 6.42 Å². The van der Waals surface area contributed by atoms with E-state index >= 15 is 0 Å². The summed E-state index contributed by atoms with van der Waals surface area (Å²) in [7, 11) is 0. The number of hydrogen-bond donors (Lipinski definition) is 0. The fourth-order valence-electron chi connectivity index (χ4n) is 3.39. The van der Waals surface area contributed by atoms with Gasteiger partial charge in [-0.1, -0.05) is 6.42 Å². The average molecular weight is 285 g/mol. The number of piperidine rings is 1. The van der Waals surface area contributed by atoms with Crippen molar-refractivity contribution in [1.82, 2.24) is 14.3 Å². The first-order valence-electron chi connectivity index (χ1n) is 7.86. The van der Waals surface area contributed by atoms with Gasteiger partial charge in [0.25, 0.3) is 0 Å². The molecule has 1 fully saturated rings. The number of fused-ring (bicyclic) bond motifs is 1. The predicted octanol–water partition coefficient (Wildman–Crippen LogP) is 2.95. The van der Waals surface area contributed by atoms with Crippen LogP contribution in [0.25, 0.3) is 5.65 Å². The van der Waals surface area contributed by atoms with Crippen LogP contribution >= 0.6 is 0 Å². The molecule has 0 N–H and O–H groups in total. The minimum atomic E-state index is 0.592. The van der Waals surface area contributed by atoms with Gasteiger partial charge in [0.2, 0.25) is 0 Å². The molecular weight excluding hydrogens is 262 g/mol. The van der Waals surface area contributed by atoms with E-state index in [0.29, 0.717) is 17.6 Å². The lowest BCUT2D eigenvalue weighted by atomic mass is 9.97. The van der Waals surface area contributed by atoms with E-state index in [9.17, 15) is 4.79 Å². The number of imidazole rings is 1. The molecule has 0 bridgehead atoms. The molecule has 0 aliphatic carbocycles. The molecular formula is C17H23N3O. The van der Waals surface area contributed by atoms with Crippen LogP contribution in [0.1, 0.15) is 49.2 Å². The van der Waals surface area contributed by atoms with Crippen LogP contribution in [0.15, 0.2) is 24.5 Å². The summed E-state index contributed by atoms with van der Waals surface area (Å²) in [4.78, 5) is 18.1. The van der Waals surface area contributed by atoms with Crippen molar-refractivity contribution in [3.8, 4) is 0 Å². The van der Waals surface area contributed by atoms with Gasteiger partial charge in [0.05, 0.1) is 5.69 Å². The van der Waals surface area contributed by atoms with Gasteiger partial charge in [-0.05, 0) is 45.4 Å². The highest BCUT2D eigenvalue weighted by molar-refractivity contribution is 5.76. The number of rotatable bonds is 4. The van der Waals surface area contributed by atoms with Gasteiger partial charge < -0.3 is 4.40 Å². The summed E-state index contributed by atoms with van der Waals surface area (Å²) < 4.78 is 2.00. The largest absolute Gasteiger partial charge is 0.307 e. The van der Waals surface area contributed by atoms with Crippen molar-refractivity contribution in [3.63, 3.8) is 0 Å². The molecule has 1 atom stereocenters. The lowest BCUT2D eigenvalue weighted by Gasteiger charge is -2.38. The van der Waals surface area contributed by atoms with Crippen molar-refractivity contribution in [3.05, 3.63) is 35.8 Å². The molecule has 0 aromatic carbocycles. The summed E-state index contributed by atoms with van der Waals surface area (Å²) in [6.45, 7) is 5.75. The molecule has 0 saturated carbocycles. The van der Waals surface area contributed by atoms with E-state index in [-0.39, 0.29) is 0 Å². The van der Waals surface area contributed by atoms with E-state index in [1.54, 1.807) is 0 Å². The molecule has 3 rings (SSSR count). The normalized spacial score (nSPS) is 20.2. The smallest absolute Gasteiger partial charge is 0.150 e. The monoisotopic (exact) mass is 285 g/mol. The van der Waals surface area contributed by atoms with Gasteiger partial charge >= 0.3 is 0 Å². The van der Waals surface area contributed by atoms with Gasteiger partial charge in [-0.3, -0.25) is 9.69 Å². The van der Waals surface area contributed by atoms with Crippen molar-refractivity contribution in [2.24, 2.45) is 0 Å². The van der Waals surface area contributed by atoms with Gasteiger partial charge in [0.15, 0.2) is 0 Å². The Morgan fingerprint density at radius 2 is 2.29 bits per heavy atom. The zero-order valence-corrected chi connectivity index (χ0v) is 12.8. The zero-order valence-electron chi connectivity index (χ0n) is 12.8. The van der Waals surface area contributed by atoms with Gasteiger partial charge in [-0.2, -0.15) is 0 Å². The molecule has 1 unspecified atom stereocenters. The molecule has 4 heteroatoms. The second-order valence-electron chi connectivity index (χ2n) is 6.26. The summed E-state index contributed by atoms with van der Waals surface area (Å²) in [6.07, 6.45) is 9.75. The van der Waals surface area contributed by atoms with Crippen LogP contribution in [0.4, 0.5) is 0 Å². The van der Waals surface area contributed by atoms with E-state index in [0.717, 1.165) is 24.0 Å². The standard InChI is InChI=1S/C17H23N3O/c1-13(2)20-7-4-3-5-16(20)10-15-11-19-8-6-14(12-21)9-17(19)18-15/h6,8-9,11-13,16H,3-5,7,10H2,1-2H3. The van der Waals surface area contributed by atoms with Gasteiger partial charge in [0.1, 0.15) is 11.9 Å². The van der Waals surface area contributed by atoms with Crippen LogP contribution in [-0.4, -0.2) is 39.2 Å². The Hall–Kier alpha value is -1.68. The summed E-state index contributed by atoms with van der Waals surface area (Å²) in [5.41, 5.74) is 2.67. The van der Waals surface area contributed by atoms with Gasteiger partial charge in [-0.15, -0.1) is 0 Å². The second kappa shape index (κ2) is 5.98. The number of carbonyl (C=O) groups excluding carboxylic acids is 1. The lowest BCUT2D eigenvalue weighted by Crippen LogP contribution is -2.45. The second-order valence-corrected chi connectivity index (χ2v) is 6.26. The fraction of sp³-hybridized carbons (Fsp3) is 0.529.